The van der Waals surface area contributed by atoms with E-state index in [2.05, 4.69) is 10.3 Å². The second-order valence-electron chi connectivity index (χ2n) is 4.69. The van der Waals surface area contributed by atoms with Gasteiger partial charge in [0, 0.05) is 17.5 Å². The molecule has 0 bridgehead atoms. The third kappa shape index (κ3) is 4.44. The standard InChI is InChI=1S/C15H18N2O4S/c1-10(18)6-16-15(19)11-3-4-13(14(5-11)20-2)21-7-12-8-22-9-17-12/h3-5,8-10,18H,6-7H2,1-2H3,(H,16,19). The Hall–Kier alpha value is -2.12. The van der Waals surface area contributed by atoms with Gasteiger partial charge in [-0.2, -0.15) is 0 Å². The minimum absolute atomic E-state index is 0.198. The highest BCUT2D eigenvalue weighted by molar-refractivity contribution is 7.07. The Labute approximate surface area is 132 Å². The number of carbonyl (C=O) groups is 1. The summed E-state index contributed by atoms with van der Waals surface area (Å²) in [6.07, 6.45) is -0.591. The number of hydrogen-bond donors (Lipinski definition) is 2. The largest absolute Gasteiger partial charge is 0.493 e. The smallest absolute Gasteiger partial charge is 0.251 e. The van der Waals surface area contributed by atoms with Crippen molar-refractivity contribution in [1.82, 2.24) is 10.3 Å². The number of rotatable bonds is 7. The first-order valence-corrected chi connectivity index (χ1v) is 7.68. The minimum Gasteiger partial charge on any atom is -0.493 e. The summed E-state index contributed by atoms with van der Waals surface area (Å²) in [5.41, 5.74) is 3.02. The predicted molar refractivity (Wildman–Crippen MR) is 83.5 cm³/mol. The number of nitrogens with one attached hydrogen (secondary N) is 1. The highest BCUT2D eigenvalue weighted by Crippen LogP contribution is 2.28. The van der Waals surface area contributed by atoms with E-state index >= 15 is 0 Å². The Morgan fingerprint density at radius 1 is 1.45 bits per heavy atom. The third-order valence-electron chi connectivity index (χ3n) is 2.84. The van der Waals surface area contributed by atoms with E-state index < -0.39 is 6.10 Å². The minimum atomic E-state index is -0.591. The zero-order valence-corrected chi connectivity index (χ0v) is 13.2. The van der Waals surface area contributed by atoms with E-state index in [0.717, 1.165) is 5.69 Å². The van der Waals surface area contributed by atoms with Crippen LogP contribution in [0.4, 0.5) is 0 Å². The number of thiazole rings is 1. The molecule has 118 valence electrons. The lowest BCUT2D eigenvalue weighted by Gasteiger charge is -2.12. The lowest BCUT2D eigenvalue weighted by molar-refractivity contribution is 0.0923. The molecular formula is C15H18N2O4S. The Morgan fingerprint density at radius 3 is 2.91 bits per heavy atom. The van der Waals surface area contributed by atoms with Gasteiger partial charge in [-0.1, -0.05) is 0 Å². The first kappa shape index (κ1) is 16.3. The topological polar surface area (TPSA) is 80.7 Å². The molecule has 6 nitrogen and oxygen atoms in total. The van der Waals surface area contributed by atoms with E-state index in [4.69, 9.17) is 9.47 Å². The number of amides is 1. The van der Waals surface area contributed by atoms with Crippen LogP contribution in [-0.4, -0.2) is 35.8 Å². The van der Waals surface area contributed by atoms with Crippen molar-refractivity contribution >= 4 is 17.2 Å². The number of hydrogen-bond acceptors (Lipinski definition) is 6. The fourth-order valence-electron chi connectivity index (χ4n) is 1.73. The Balaban J connectivity index is 2.05. The first-order valence-electron chi connectivity index (χ1n) is 6.74. The summed E-state index contributed by atoms with van der Waals surface area (Å²) in [6.45, 7) is 2.15. The third-order valence-corrected chi connectivity index (χ3v) is 3.48. The van der Waals surface area contributed by atoms with Gasteiger partial charge in [-0.25, -0.2) is 4.98 Å². The maximum Gasteiger partial charge on any atom is 0.251 e. The molecule has 2 N–H and O–H groups in total. The van der Waals surface area contributed by atoms with Crippen LogP contribution in [0.3, 0.4) is 0 Å². The van der Waals surface area contributed by atoms with Crippen LogP contribution in [0.25, 0.3) is 0 Å². The molecule has 0 aliphatic heterocycles. The van der Waals surface area contributed by atoms with Crippen molar-refractivity contribution in [1.29, 1.82) is 0 Å². The maximum atomic E-state index is 11.9. The molecular weight excluding hydrogens is 304 g/mol. The van der Waals surface area contributed by atoms with E-state index in [1.54, 1.807) is 30.6 Å². The average Bonchev–Trinajstić information content (AvgIpc) is 3.03. The van der Waals surface area contributed by atoms with Gasteiger partial charge in [-0.05, 0) is 25.1 Å². The van der Waals surface area contributed by atoms with Gasteiger partial charge in [0.05, 0.1) is 24.4 Å². The SMILES string of the molecule is COc1cc(C(=O)NCC(C)O)ccc1OCc1cscn1. The van der Waals surface area contributed by atoms with Crippen molar-refractivity contribution in [3.05, 3.63) is 40.3 Å². The normalized spacial score (nSPS) is 11.8. The number of benzene rings is 1. The van der Waals surface area contributed by atoms with Crippen LogP contribution >= 0.6 is 11.3 Å². The number of aromatic nitrogens is 1. The van der Waals surface area contributed by atoms with Crippen molar-refractivity contribution in [2.75, 3.05) is 13.7 Å². The van der Waals surface area contributed by atoms with Gasteiger partial charge in [-0.3, -0.25) is 4.79 Å². The van der Waals surface area contributed by atoms with Gasteiger partial charge in [0.25, 0.3) is 5.91 Å². The van der Waals surface area contributed by atoms with Gasteiger partial charge in [0.1, 0.15) is 6.61 Å². The van der Waals surface area contributed by atoms with Crippen LogP contribution in [0.5, 0.6) is 11.5 Å². The molecule has 2 aromatic rings. The second-order valence-corrected chi connectivity index (χ2v) is 5.41. The molecule has 1 aromatic carbocycles. The molecule has 0 aliphatic carbocycles. The number of carbonyl (C=O) groups excluding carboxylic acids is 1. The summed E-state index contributed by atoms with van der Waals surface area (Å²) in [5.74, 6) is 0.743. The Morgan fingerprint density at radius 2 is 2.27 bits per heavy atom. The lowest BCUT2D eigenvalue weighted by atomic mass is 10.2. The van der Waals surface area contributed by atoms with Crippen LogP contribution in [-0.2, 0) is 6.61 Å². The fourth-order valence-corrected chi connectivity index (χ4v) is 2.27. The first-order chi connectivity index (χ1) is 10.6. The van der Waals surface area contributed by atoms with Crippen LogP contribution in [0.1, 0.15) is 23.0 Å². The number of nitrogens with zero attached hydrogens (tertiary/aromatic N) is 1. The molecule has 1 amide bonds. The fraction of sp³-hybridized carbons (Fsp3) is 0.333. The lowest BCUT2D eigenvalue weighted by Crippen LogP contribution is -2.30. The average molecular weight is 322 g/mol. The van der Waals surface area contributed by atoms with E-state index in [1.807, 2.05) is 5.38 Å². The van der Waals surface area contributed by atoms with Gasteiger partial charge in [0.15, 0.2) is 11.5 Å². The maximum absolute atomic E-state index is 11.9. The molecule has 1 aromatic heterocycles. The number of aliphatic hydroxyl groups excluding tert-OH is 1. The van der Waals surface area contributed by atoms with Gasteiger partial charge < -0.3 is 19.9 Å². The van der Waals surface area contributed by atoms with Gasteiger partial charge in [-0.15, -0.1) is 11.3 Å². The molecule has 7 heteroatoms. The highest BCUT2D eigenvalue weighted by Gasteiger charge is 2.12. The molecule has 0 saturated heterocycles. The number of ether oxygens (including phenoxy) is 2. The van der Waals surface area contributed by atoms with Crippen molar-refractivity contribution in [2.45, 2.75) is 19.6 Å². The quantitative estimate of drug-likeness (QED) is 0.813. The molecule has 1 heterocycles. The van der Waals surface area contributed by atoms with Crippen molar-refractivity contribution < 1.29 is 19.4 Å². The predicted octanol–water partition coefficient (Wildman–Crippen LogP) is 1.84. The summed E-state index contributed by atoms with van der Waals surface area (Å²) >= 11 is 1.50. The second kappa shape index (κ2) is 7.77. The summed E-state index contributed by atoms with van der Waals surface area (Å²) in [4.78, 5) is 16.1. The molecule has 0 saturated carbocycles. The van der Waals surface area contributed by atoms with E-state index in [9.17, 15) is 9.90 Å². The van der Waals surface area contributed by atoms with Crippen molar-refractivity contribution in [2.24, 2.45) is 0 Å². The molecule has 1 atom stereocenters. The van der Waals surface area contributed by atoms with Crippen molar-refractivity contribution in [3.63, 3.8) is 0 Å². The van der Waals surface area contributed by atoms with E-state index in [0.29, 0.717) is 23.7 Å². The zero-order valence-electron chi connectivity index (χ0n) is 12.4. The summed E-state index contributed by atoms with van der Waals surface area (Å²) in [5, 5.41) is 13.7. The van der Waals surface area contributed by atoms with Gasteiger partial charge >= 0.3 is 0 Å². The summed E-state index contributed by atoms with van der Waals surface area (Å²) in [6, 6.07) is 4.94. The molecule has 0 aliphatic rings. The van der Waals surface area contributed by atoms with E-state index in [-0.39, 0.29) is 12.5 Å². The summed E-state index contributed by atoms with van der Waals surface area (Å²) < 4.78 is 10.9. The molecule has 1 unspecified atom stereocenters. The summed E-state index contributed by atoms with van der Waals surface area (Å²) in [7, 11) is 1.52. The van der Waals surface area contributed by atoms with Crippen LogP contribution in [0.15, 0.2) is 29.1 Å². The van der Waals surface area contributed by atoms with Crippen LogP contribution in [0, 0.1) is 0 Å². The zero-order chi connectivity index (χ0) is 15.9. The van der Waals surface area contributed by atoms with Crippen molar-refractivity contribution in [3.8, 4) is 11.5 Å². The monoisotopic (exact) mass is 322 g/mol. The molecule has 0 spiro atoms. The highest BCUT2D eigenvalue weighted by atomic mass is 32.1. The Kier molecular flexibility index (Phi) is 5.74. The molecule has 2 rings (SSSR count). The Bertz CT molecular complexity index is 614. The molecule has 0 radical (unpaired) electrons. The van der Waals surface area contributed by atoms with Crippen LogP contribution < -0.4 is 14.8 Å². The number of methoxy groups -OCH3 is 1. The van der Waals surface area contributed by atoms with Crippen LogP contribution in [0.2, 0.25) is 0 Å². The van der Waals surface area contributed by atoms with E-state index in [1.165, 1.54) is 18.4 Å². The molecule has 22 heavy (non-hydrogen) atoms. The molecule has 0 fully saturated rings. The number of aliphatic hydroxyl groups is 1. The van der Waals surface area contributed by atoms with Gasteiger partial charge in [0.2, 0.25) is 0 Å².